The molecule has 6 nitrogen and oxygen atoms in total. The number of amides is 1. The predicted octanol–water partition coefficient (Wildman–Crippen LogP) is 4.94. The van der Waals surface area contributed by atoms with Crippen molar-refractivity contribution in [2.75, 3.05) is 6.54 Å². The van der Waals surface area contributed by atoms with Crippen LogP contribution in [0.1, 0.15) is 21.6 Å². The molecule has 5 rings (SSSR count). The van der Waals surface area contributed by atoms with Crippen molar-refractivity contribution in [2.24, 2.45) is 0 Å². The number of non-ortho nitro benzene ring substituents is 1. The third-order valence-corrected chi connectivity index (χ3v) is 5.69. The zero-order valence-electron chi connectivity index (χ0n) is 16.2. The first-order chi connectivity index (χ1) is 14.6. The van der Waals surface area contributed by atoms with Crippen molar-refractivity contribution in [2.45, 2.75) is 13.0 Å². The van der Waals surface area contributed by atoms with Gasteiger partial charge in [-0.15, -0.1) is 0 Å². The van der Waals surface area contributed by atoms with Crippen LogP contribution >= 0.6 is 0 Å². The van der Waals surface area contributed by atoms with Crippen molar-refractivity contribution in [1.29, 1.82) is 0 Å². The van der Waals surface area contributed by atoms with Gasteiger partial charge in [0, 0.05) is 59.4 Å². The number of fused-ring (bicyclic) bond motifs is 3. The summed E-state index contributed by atoms with van der Waals surface area (Å²) in [6.45, 7) is 1.25. The summed E-state index contributed by atoms with van der Waals surface area (Å²) in [5.41, 5.74) is 6.05. The molecule has 1 amide bonds. The Bertz CT molecular complexity index is 1260. The second kappa shape index (κ2) is 7.15. The Hall–Kier alpha value is -3.93. The molecule has 1 aliphatic heterocycles. The molecule has 0 fully saturated rings. The lowest BCUT2D eigenvalue weighted by Gasteiger charge is -2.27. The number of H-pyrrole nitrogens is 1. The van der Waals surface area contributed by atoms with Crippen LogP contribution in [-0.4, -0.2) is 27.3 Å². The van der Waals surface area contributed by atoms with Gasteiger partial charge in [-0.3, -0.25) is 14.9 Å². The highest BCUT2D eigenvalue weighted by Gasteiger charge is 2.25. The van der Waals surface area contributed by atoms with Gasteiger partial charge in [0.1, 0.15) is 0 Å². The predicted molar refractivity (Wildman–Crippen MR) is 115 cm³/mol. The molecule has 0 aliphatic carbocycles. The Morgan fingerprint density at radius 3 is 2.43 bits per heavy atom. The Kier molecular flexibility index (Phi) is 4.32. The molecule has 6 heteroatoms. The Morgan fingerprint density at radius 1 is 0.967 bits per heavy atom. The number of hydrogen-bond donors (Lipinski definition) is 1. The van der Waals surface area contributed by atoms with E-state index in [0.29, 0.717) is 18.7 Å². The van der Waals surface area contributed by atoms with Crippen LogP contribution in [0.4, 0.5) is 5.69 Å². The van der Waals surface area contributed by atoms with E-state index in [0.717, 1.165) is 34.0 Å². The molecule has 0 spiro atoms. The number of nitrogens with zero attached hydrogens (tertiary/aromatic N) is 2. The summed E-state index contributed by atoms with van der Waals surface area (Å²) in [4.78, 5) is 28.8. The summed E-state index contributed by atoms with van der Waals surface area (Å²) >= 11 is 0. The number of hydrogen-bond acceptors (Lipinski definition) is 3. The molecule has 0 bridgehead atoms. The van der Waals surface area contributed by atoms with Crippen LogP contribution in [0, 0.1) is 10.1 Å². The maximum absolute atomic E-state index is 12.9. The molecular formula is C24H19N3O3. The van der Waals surface area contributed by atoms with Gasteiger partial charge in [0.25, 0.3) is 11.6 Å². The van der Waals surface area contributed by atoms with Crippen molar-refractivity contribution in [3.8, 4) is 11.1 Å². The molecule has 1 aromatic heterocycles. The zero-order chi connectivity index (χ0) is 20.7. The number of carbonyl (C=O) groups is 1. The van der Waals surface area contributed by atoms with E-state index in [9.17, 15) is 14.9 Å². The molecule has 148 valence electrons. The minimum absolute atomic E-state index is 0.0436. The molecule has 30 heavy (non-hydrogen) atoms. The number of nitrogens with one attached hydrogen (secondary N) is 1. The Labute approximate surface area is 172 Å². The highest BCUT2D eigenvalue weighted by atomic mass is 16.6. The van der Waals surface area contributed by atoms with E-state index in [2.05, 4.69) is 11.1 Å². The third kappa shape index (κ3) is 3.12. The molecule has 0 unspecified atom stereocenters. The summed E-state index contributed by atoms with van der Waals surface area (Å²) in [5.74, 6) is 0.0436. The van der Waals surface area contributed by atoms with Crippen molar-refractivity contribution < 1.29 is 9.72 Å². The normalized spacial score (nSPS) is 13.3. The second-order valence-electron chi connectivity index (χ2n) is 7.49. The molecule has 0 saturated carbocycles. The van der Waals surface area contributed by atoms with Crippen LogP contribution in [0.3, 0.4) is 0 Å². The molecule has 2 heterocycles. The summed E-state index contributed by atoms with van der Waals surface area (Å²) in [6.07, 6.45) is 0.787. The van der Waals surface area contributed by atoms with Crippen molar-refractivity contribution in [3.63, 3.8) is 0 Å². The van der Waals surface area contributed by atoms with Gasteiger partial charge >= 0.3 is 0 Å². The number of nitro benzene ring substituents is 1. The van der Waals surface area contributed by atoms with Gasteiger partial charge in [-0.1, -0.05) is 24.3 Å². The topological polar surface area (TPSA) is 79.2 Å². The number of carbonyl (C=O) groups excluding carboxylic acids is 1. The summed E-state index contributed by atoms with van der Waals surface area (Å²) in [6, 6.07) is 22.1. The summed E-state index contributed by atoms with van der Waals surface area (Å²) < 4.78 is 0. The van der Waals surface area contributed by atoms with Gasteiger partial charge in [0.05, 0.1) is 4.92 Å². The van der Waals surface area contributed by atoms with Gasteiger partial charge in [-0.05, 0) is 47.5 Å². The van der Waals surface area contributed by atoms with Gasteiger partial charge < -0.3 is 9.88 Å². The number of rotatable bonds is 3. The van der Waals surface area contributed by atoms with Gasteiger partial charge in [0.15, 0.2) is 0 Å². The first-order valence-corrected chi connectivity index (χ1v) is 9.83. The monoisotopic (exact) mass is 397 g/mol. The van der Waals surface area contributed by atoms with Gasteiger partial charge in [-0.2, -0.15) is 0 Å². The third-order valence-electron chi connectivity index (χ3n) is 5.69. The van der Waals surface area contributed by atoms with E-state index >= 15 is 0 Å². The molecule has 0 atom stereocenters. The number of benzene rings is 3. The van der Waals surface area contributed by atoms with E-state index in [1.165, 1.54) is 17.8 Å². The van der Waals surface area contributed by atoms with Crippen LogP contribution in [-0.2, 0) is 13.0 Å². The van der Waals surface area contributed by atoms with Crippen LogP contribution < -0.4 is 0 Å². The molecule has 0 saturated heterocycles. The highest BCUT2D eigenvalue weighted by molar-refractivity contribution is 5.95. The minimum Gasteiger partial charge on any atom is -0.358 e. The molecule has 4 aromatic rings. The second-order valence-corrected chi connectivity index (χ2v) is 7.49. The molecular weight excluding hydrogens is 378 g/mol. The van der Waals surface area contributed by atoms with Crippen LogP contribution in [0.15, 0.2) is 72.8 Å². The van der Waals surface area contributed by atoms with Gasteiger partial charge in [0.2, 0.25) is 0 Å². The maximum Gasteiger partial charge on any atom is 0.269 e. The fraction of sp³-hybridized carbons (Fsp3) is 0.125. The quantitative estimate of drug-likeness (QED) is 0.393. The van der Waals surface area contributed by atoms with E-state index in [1.807, 2.05) is 47.4 Å². The molecule has 1 N–H and O–H groups in total. The zero-order valence-corrected chi connectivity index (χ0v) is 16.2. The van der Waals surface area contributed by atoms with Crippen molar-refractivity contribution in [1.82, 2.24) is 9.88 Å². The molecule has 1 aliphatic rings. The first kappa shape index (κ1) is 18.1. The largest absolute Gasteiger partial charge is 0.358 e. The maximum atomic E-state index is 12.9. The highest BCUT2D eigenvalue weighted by Crippen LogP contribution is 2.32. The average Bonchev–Trinajstić information content (AvgIpc) is 3.16. The van der Waals surface area contributed by atoms with Crippen LogP contribution in [0.2, 0.25) is 0 Å². The lowest BCUT2D eigenvalue weighted by atomic mass is 9.99. The average molecular weight is 397 g/mol. The number of aromatic nitrogens is 1. The van der Waals surface area contributed by atoms with Crippen molar-refractivity contribution >= 4 is 22.5 Å². The van der Waals surface area contributed by atoms with Crippen LogP contribution in [0.25, 0.3) is 22.0 Å². The van der Waals surface area contributed by atoms with E-state index in [4.69, 9.17) is 0 Å². The molecule has 3 aromatic carbocycles. The fourth-order valence-electron chi connectivity index (χ4n) is 4.11. The first-order valence-electron chi connectivity index (χ1n) is 9.83. The minimum atomic E-state index is -0.395. The van der Waals surface area contributed by atoms with E-state index < -0.39 is 4.92 Å². The van der Waals surface area contributed by atoms with E-state index in [-0.39, 0.29) is 11.6 Å². The number of nitro groups is 1. The van der Waals surface area contributed by atoms with E-state index in [1.54, 1.807) is 12.1 Å². The summed E-state index contributed by atoms with van der Waals surface area (Å²) in [5, 5.41) is 12.0. The SMILES string of the molecule is O=C(c1ccccc1)N1CCc2[nH]c3ccc(-c4ccc([N+](=O)[O-])cc4)cc3c2C1. The Balaban J connectivity index is 1.49. The fourth-order valence-corrected chi connectivity index (χ4v) is 4.11. The summed E-state index contributed by atoms with van der Waals surface area (Å²) in [7, 11) is 0. The van der Waals surface area contributed by atoms with Gasteiger partial charge in [-0.25, -0.2) is 0 Å². The standard InChI is InChI=1S/C24H19N3O3/c28-24(17-4-2-1-3-5-17)26-13-12-23-21(15-26)20-14-18(8-11-22(20)25-23)16-6-9-19(10-7-16)27(29)30/h1-11,14,25H,12-13,15H2. The number of aromatic amines is 1. The lowest BCUT2D eigenvalue weighted by molar-refractivity contribution is -0.384. The smallest absolute Gasteiger partial charge is 0.269 e. The molecule has 0 radical (unpaired) electrons. The van der Waals surface area contributed by atoms with Crippen LogP contribution in [0.5, 0.6) is 0 Å². The van der Waals surface area contributed by atoms with Crippen molar-refractivity contribution in [3.05, 3.63) is 99.7 Å². The lowest BCUT2D eigenvalue weighted by Crippen LogP contribution is -2.35. The Morgan fingerprint density at radius 2 is 1.70 bits per heavy atom.